The molecule has 0 aliphatic carbocycles. The molecule has 1 amide bonds. The SMILES string of the molecule is CCOC(=O)CCC(=O)Nc1ccc(-c2cn3ccc(C)cc3n2)cc1. The number of benzene rings is 1. The summed E-state index contributed by atoms with van der Waals surface area (Å²) in [6.45, 7) is 4.10. The Morgan fingerprint density at radius 2 is 1.92 bits per heavy atom. The van der Waals surface area contributed by atoms with Crippen LogP contribution in [0, 0.1) is 6.92 Å². The van der Waals surface area contributed by atoms with Gasteiger partial charge in [0.1, 0.15) is 5.65 Å². The Hall–Kier alpha value is -3.15. The predicted octanol–water partition coefficient (Wildman–Crippen LogP) is 3.59. The molecular weight excluding hydrogens is 330 g/mol. The Balaban J connectivity index is 1.64. The molecule has 3 rings (SSSR count). The lowest BCUT2D eigenvalue weighted by atomic mass is 10.1. The monoisotopic (exact) mass is 351 g/mol. The standard InChI is InChI=1S/C20H21N3O3/c1-3-26-20(25)9-8-19(24)21-16-6-4-15(5-7-16)17-13-23-11-10-14(2)12-18(23)22-17/h4-7,10-13H,3,8-9H2,1-2H3,(H,21,24). The number of hydrogen-bond acceptors (Lipinski definition) is 4. The van der Waals surface area contributed by atoms with Gasteiger partial charge in [0.25, 0.3) is 0 Å². The summed E-state index contributed by atoms with van der Waals surface area (Å²) in [7, 11) is 0. The van der Waals surface area contributed by atoms with Gasteiger partial charge in [-0.05, 0) is 43.7 Å². The molecule has 2 heterocycles. The van der Waals surface area contributed by atoms with Crippen molar-refractivity contribution in [1.82, 2.24) is 9.38 Å². The Kier molecular flexibility index (Phi) is 5.31. The number of rotatable bonds is 6. The molecule has 0 aliphatic rings. The van der Waals surface area contributed by atoms with Crippen molar-refractivity contribution in [2.24, 2.45) is 0 Å². The van der Waals surface area contributed by atoms with Crippen molar-refractivity contribution in [2.45, 2.75) is 26.7 Å². The minimum Gasteiger partial charge on any atom is -0.466 e. The first kappa shape index (κ1) is 17.7. The topological polar surface area (TPSA) is 72.7 Å². The maximum Gasteiger partial charge on any atom is 0.306 e. The molecule has 0 saturated heterocycles. The largest absolute Gasteiger partial charge is 0.466 e. The lowest BCUT2D eigenvalue weighted by molar-refractivity contribution is -0.144. The van der Waals surface area contributed by atoms with Gasteiger partial charge < -0.3 is 14.5 Å². The zero-order chi connectivity index (χ0) is 18.5. The van der Waals surface area contributed by atoms with Crippen LogP contribution in [0.2, 0.25) is 0 Å². The number of aryl methyl sites for hydroxylation is 1. The van der Waals surface area contributed by atoms with Gasteiger partial charge in [0.15, 0.2) is 0 Å². The first-order chi connectivity index (χ1) is 12.5. The van der Waals surface area contributed by atoms with Gasteiger partial charge in [-0.1, -0.05) is 12.1 Å². The normalized spacial score (nSPS) is 10.7. The number of nitrogens with one attached hydrogen (secondary N) is 1. The van der Waals surface area contributed by atoms with Crippen molar-refractivity contribution in [3.05, 3.63) is 54.4 Å². The van der Waals surface area contributed by atoms with E-state index >= 15 is 0 Å². The van der Waals surface area contributed by atoms with E-state index in [-0.39, 0.29) is 24.7 Å². The second-order valence-corrected chi connectivity index (χ2v) is 6.03. The summed E-state index contributed by atoms with van der Waals surface area (Å²) >= 11 is 0. The molecule has 134 valence electrons. The third kappa shape index (κ3) is 4.27. The van der Waals surface area contributed by atoms with Crippen LogP contribution in [0.4, 0.5) is 5.69 Å². The van der Waals surface area contributed by atoms with Gasteiger partial charge in [-0.25, -0.2) is 4.98 Å². The average molecular weight is 351 g/mol. The van der Waals surface area contributed by atoms with Crippen molar-refractivity contribution in [3.63, 3.8) is 0 Å². The molecule has 0 bridgehead atoms. The molecule has 26 heavy (non-hydrogen) atoms. The minimum atomic E-state index is -0.361. The van der Waals surface area contributed by atoms with E-state index in [0.717, 1.165) is 22.5 Å². The molecule has 0 unspecified atom stereocenters. The smallest absolute Gasteiger partial charge is 0.306 e. The lowest BCUT2D eigenvalue weighted by Crippen LogP contribution is -2.14. The van der Waals surface area contributed by atoms with Crippen molar-refractivity contribution >= 4 is 23.2 Å². The van der Waals surface area contributed by atoms with E-state index in [9.17, 15) is 9.59 Å². The number of nitrogens with zero attached hydrogens (tertiary/aromatic N) is 2. The summed E-state index contributed by atoms with van der Waals surface area (Å²) in [5.74, 6) is -0.575. The molecule has 0 atom stereocenters. The highest BCUT2D eigenvalue weighted by Crippen LogP contribution is 2.22. The number of esters is 1. The van der Waals surface area contributed by atoms with Crippen LogP contribution in [0.15, 0.2) is 48.8 Å². The van der Waals surface area contributed by atoms with Gasteiger partial charge in [0.05, 0.1) is 18.7 Å². The second-order valence-electron chi connectivity index (χ2n) is 6.03. The Bertz CT molecular complexity index is 929. The van der Waals surface area contributed by atoms with E-state index in [2.05, 4.69) is 10.3 Å². The number of carbonyl (C=O) groups excluding carboxylic acids is 2. The molecule has 0 fully saturated rings. The van der Waals surface area contributed by atoms with Crippen molar-refractivity contribution < 1.29 is 14.3 Å². The first-order valence-electron chi connectivity index (χ1n) is 8.56. The van der Waals surface area contributed by atoms with Gasteiger partial charge in [0, 0.05) is 30.1 Å². The maximum atomic E-state index is 11.9. The fourth-order valence-corrected chi connectivity index (χ4v) is 2.62. The lowest BCUT2D eigenvalue weighted by Gasteiger charge is -2.06. The summed E-state index contributed by atoms with van der Waals surface area (Å²) in [5, 5.41) is 2.78. The average Bonchev–Trinajstić information content (AvgIpc) is 3.04. The van der Waals surface area contributed by atoms with Gasteiger partial charge in [-0.2, -0.15) is 0 Å². The number of hydrogen-bond donors (Lipinski definition) is 1. The second kappa shape index (κ2) is 7.82. The van der Waals surface area contributed by atoms with Crippen molar-refractivity contribution in [3.8, 4) is 11.3 Å². The number of aromatic nitrogens is 2. The molecule has 0 spiro atoms. The summed E-state index contributed by atoms with van der Waals surface area (Å²) < 4.78 is 6.79. The van der Waals surface area contributed by atoms with E-state index in [1.165, 1.54) is 0 Å². The number of pyridine rings is 1. The Labute approximate surface area is 151 Å². The molecule has 2 aromatic heterocycles. The Morgan fingerprint density at radius 3 is 2.65 bits per heavy atom. The predicted molar refractivity (Wildman–Crippen MR) is 99.9 cm³/mol. The van der Waals surface area contributed by atoms with Gasteiger partial charge in [-0.3, -0.25) is 9.59 Å². The zero-order valence-corrected chi connectivity index (χ0v) is 14.9. The molecule has 0 radical (unpaired) electrons. The number of ether oxygens (including phenoxy) is 1. The number of fused-ring (bicyclic) bond motifs is 1. The molecular formula is C20H21N3O3. The van der Waals surface area contributed by atoms with Crippen molar-refractivity contribution in [2.75, 3.05) is 11.9 Å². The van der Waals surface area contributed by atoms with Crippen LogP contribution in [0.5, 0.6) is 0 Å². The molecule has 6 nitrogen and oxygen atoms in total. The van der Waals surface area contributed by atoms with E-state index in [1.54, 1.807) is 6.92 Å². The van der Waals surface area contributed by atoms with E-state index in [0.29, 0.717) is 12.3 Å². The van der Waals surface area contributed by atoms with Crippen LogP contribution in [0.25, 0.3) is 16.9 Å². The van der Waals surface area contributed by atoms with Crippen LogP contribution in [0.1, 0.15) is 25.3 Å². The molecule has 0 saturated carbocycles. The molecule has 1 aromatic carbocycles. The maximum absolute atomic E-state index is 11.9. The quantitative estimate of drug-likeness (QED) is 0.689. The van der Waals surface area contributed by atoms with E-state index < -0.39 is 0 Å². The third-order valence-electron chi connectivity index (χ3n) is 3.94. The highest BCUT2D eigenvalue weighted by molar-refractivity contribution is 5.92. The van der Waals surface area contributed by atoms with Gasteiger partial charge in [0.2, 0.25) is 5.91 Å². The molecule has 0 aliphatic heterocycles. The third-order valence-corrected chi connectivity index (χ3v) is 3.94. The number of anilines is 1. The van der Waals surface area contributed by atoms with Crippen LogP contribution in [0.3, 0.4) is 0 Å². The van der Waals surface area contributed by atoms with Crippen LogP contribution < -0.4 is 5.32 Å². The summed E-state index contributed by atoms with van der Waals surface area (Å²) in [6.07, 6.45) is 4.14. The van der Waals surface area contributed by atoms with Gasteiger partial charge >= 0.3 is 5.97 Å². The van der Waals surface area contributed by atoms with Gasteiger partial charge in [-0.15, -0.1) is 0 Å². The Morgan fingerprint density at radius 1 is 1.15 bits per heavy atom. The van der Waals surface area contributed by atoms with Crippen LogP contribution >= 0.6 is 0 Å². The van der Waals surface area contributed by atoms with E-state index in [4.69, 9.17) is 4.74 Å². The minimum absolute atomic E-state index is 0.0818. The highest BCUT2D eigenvalue weighted by atomic mass is 16.5. The summed E-state index contributed by atoms with van der Waals surface area (Å²) in [5.41, 5.74) is 4.58. The van der Waals surface area contributed by atoms with Crippen LogP contribution in [-0.2, 0) is 14.3 Å². The van der Waals surface area contributed by atoms with Crippen molar-refractivity contribution in [1.29, 1.82) is 0 Å². The first-order valence-corrected chi connectivity index (χ1v) is 8.56. The molecule has 1 N–H and O–H groups in total. The fourth-order valence-electron chi connectivity index (χ4n) is 2.62. The number of amides is 1. The molecule has 6 heteroatoms. The highest BCUT2D eigenvalue weighted by Gasteiger charge is 2.09. The van der Waals surface area contributed by atoms with Crippen LogP contribution in [-0.4, -0.2) is 27.9 Å². The zero-order valence-electron chi connectivity index (χ0n) is 14.9. The summed E-state index contributed by atoms with van der Waals surface area (Å²) in [6, 6.07) is 11.5. The number of imidazole rings is 1. The number of carbonyl (C=O) groups is 2. The molecule has 3 aromatic rings. The summed E-state index contributed by atoms with van der Waals surface area (Å²) in [4.78, 5) is 27.8. The van der Waals surface area contributed by atoms with E-state index in [1.807, 2.05) is 60.1 Å². The fraction of sp³-hybridized carbons (Fsp3) is 0.250.